The maximum Gasteiger partial charge on any atom is 0.404 e. The van der Waals surface area contributed by atoms with Gasteiger partial charge in [-0.05, 0) is 13.8 Å². The second-order valence-electron chi connectivity index (χ2n) is 4.68. The lowest BCUT2D eigenvalue weighted by Gasteiger charge is -2.15. The fraction of sp³-hybridized carbons (Fsp3) is 0.467. The van der Waals surface area contributed by atoms with E-state index >= 15 is 0 Å². The summed E-state index contributed by atoms with van der Waals surface area (Å²) in [6.45, 7) is 4.74. The zero-order valence-corrected chi connectivity index (χ0v) is 12.2. The summed E-state index contributed by atoms with van der Waals surface area (Å²) in [5.41, 5.74) is 7.50. The van der Waals surface area contributed by atoms with Crippen LogP contribution in [0.15, 0.2) is 24.3 Å². The predicted molar refractivity (Wildman–Crippen MR) is 76.5 cm³/mol. The summed E-state index contributed by atoms with van der Waals surface area (Å²) in [4.78, 5) is 10.4. The van der Waals surface area contributed by atoms with Crippen molar-refractivity contribution in [3.8, 4) is 6.07 Å². The van der Waals surface area contributed by atoms with Gasteiger partial charge in [-0.15, -0.1) is 0 Å². The van der Waals surface area contributed by atoms with Crippen molar-refractivity contribution in [1.29, 1.82) is 5.26 Å². The van der Waals surface area contributed by atoms with Crippen LogP contribution in [0.4, 0.5) is 4.79 Å². The van der Waals surface area contributed by atoms with Crippen molar-refractivity contribution in [2.24, 2.45) is 5.73 Å². The van der Waals surface area contributed by atoms with E-state index in [2.05, 4.69) is 38.1 Å². The van der Waals surface area contributed by atoms with Crippen LogP contribution >= 0.6 is 0 Å². The summed E-state index contributed by atoms with van der Waals surface area (Å²) >= 11 is 0. The first-order valence-electron chi connectivity index (χ1n) is 6.58. The van der Waals surface area contributed by atoms with E-state index in [0.29, 0.717) is 6.61 Å². The first kappa shape index (κ1) is 17.0. The Morgan fingerprint density at radius 2 is 2.00 bits per heavy atom. The summed E-state index contributed by atoms with van der Waals surface area (Å²) < 4.78 is 14.7. The minimum Gasteiger partial charge on any atom is -0.441 e. The van der Waals surface area contributed by atoms with Gasteiger partial charge in [0.2, 0.25) is 0 Å². The number of amides is 1. The van der Waals surface area contributed by atoms with Crippen LogP contribution in [0.2, 0.25) is 0 Å². The molecule has 0 aromatic heterocycles. The molecule has 21 heavy (non-hydrogen) atoms. The summed E-state index contributed by atoms with van der Waals surface area (Å²) in [6, 6.07) is 10.3. The van der Waals surface area contributed by atoms with E-state index in [1.165, 1.54) is 11.1 Å². The molecule has 1 aliphatic rings. The van der Waals surface area contributed by atoms with Crippen molar-refractivity contribution in [2.45, 2.75) is 26.1 Å². The number of hydrogen-bond acceptors (Lipinski definition) is 5. The second-order valence-corrected chi connectivity index (χ2v) is 4.68. The van der Waals surface area contributed by atoms with Crippen molar-refractivity contribution in [2.75, 3.05) is 19.8 Å². The van der Waals surface area contributed by atoms with Gasteiger partial charge >= 0.3 is 6.09 Å². The average Bonchev–Trinajstić information content (AvgIpc) is 2.83. The molecule has 0 spiro atoms. The molecule has 1 amide bonds. The zero-order chi connectivity index (χ0) is 15.7. The number of carbonyl (C=O) groups excluding carboxylic acids is 1. The fourth-order valence-electron chi connectivity index (χ4n) is 1.88. The third-order valence-corrected chi connectivity index (χ3v) is 2.78. The highest BCUT2D eigenvalue weighted by Gasteiger charge is 2.31. The standard InChI is InChI=1S/C8H10.C7H10N2O4/c1-7-4-3-5-8(2)6-7;8-1-2-12-5-3-11-4-6(5)13-7(9)10/h3-6H,1-2H3;5-6H,2-4H2,(H2,9,10). The Morgan fingerprint density at radius 3 is 2.48 bits per heavy atom. The van der Waals surface area contributed by atoms with E-state index in [1.807, 2.05) is 6.07 Å². The minimum absolute atomic E-state index is 0.0490. The Hall–Kier alpha value is -2.10. The van der Waals surface area contributed by atoms with Crippen LogP contribution in [0.5, 0.6) is 0 Å². The molecule has 1 heterocycles. The van der Waals surface area contributed by atoms with Crippen molar-refractivity contribution in [3.05, 3.63) is 35.4 Å². The molecule has 1 aromatic rings. The smallest absolute Gasteiger partial charge is 0.404 e. The van der Waals surface area contributed by atoms with Crippen LogP contribution in [0.3, 0.4) is 0 Å². The Bertz CT molecular complexity index is 481. The Kier molecular flexibility index (Phi) is 7.23. The van der Waals surface area contributed by atoms with Gasteiger partial charge in [-0.2, -0.15) is 5.26 Å². The topological polar surface area (TPSA) is 94.6 Å². The Morgan fingerprint density at radius 1 is 1.38 bits per heavy atom. The molecule has 6 nitrogen and oxygen atoms in total. The molecule has 2 N–H and O–H groups in total. The number of hydrogen-bond donors (Lipinski definition) is 1. The van der Waals surface area contributed by atoms with Crippen molar-refractivity contribution >= 4 is 6.09 Å². The van der Waals surface area contributed by atoms with Gasteiger partial charge in [0.1, 0.15) is 12.7 Å². The third kappa shape index (κ3) is 6.75. The van der Waals surface area contributed by atoms with E-state index in [1.54, 1.807) is 0 Å². The van der Waals surface area contributed by atoms with Crippen LogP contribution in [-0.4, -0.2) is 38.1 Å². The molecule has 0 bridgehead atoms. The molecule has 2 unspecified atom stereocenters. The number of ether oxygens (including phenoxy) is 3. The SMILES string of the molecule is Cc1cccc(C)c1.N#CCOC1COCC1OC(N)=O. The molecule has 114 valence electrons. The molecule has 1 saturated heterocycles. The highest BCUT2D eigenvalue weighted by molar-refractivity contribution is 5.64. The molecular formula is C15H20N2O4. The molecule has 2 atom stereocenters. The summed E-state index contributed by atoms with van der Waals surface area (Å²) in [5, 5.41) is 8.25. The molecule has 1 aliphatic heterocycles. The lowest BCUT2D eigenvalue weighted by molar-refractivity contribution is -0.00275. The number of aryl methyl sites for hydroxylation is 2. The number of nitrogens with two attached hydrogens (primary N) is 1. The van der Waals surface area contributed by atoms with Gasteiger partial charge in [-0.1, -0.05) is 35.4 Å². The average molecular weight is 292 g/mol. The van der Waals surface area contributed by atoms with Gasteiger partial charge in [-0.3, -0.25) is 0 Å². The second kappa shape index (κ2) is 8.95. The van der Waals surface area contributed by atoms with Crippen molar-refractivity contribution in [1.82, 2.24) is 0 Å². The molecule has 1 fully saturated rings. The lowest BCUT2D eigenvalue weighted by Crippen LogP contribution is -2.34. The van der Waals surface area contributed by atoms with Crippen molar-refractivity contribution < 1.29 is 19.0 Å². The number of rotatable bonds is 3. The summed E-state index contributed by atoms with van der Waals surface area (Å²) in [6.07, 6.45) is -1.74. The third-order valence-electron chi connectivity index (χ3n) is 2.78. The summed E-state index contributed by atoms with van der Waals surface area (Å²) in [5.74, 6) is 0. The summed E-state index contributed by atoms with van der Waals surface area (Å²) in [7, 11) is 0. The lowest BCUT2D eigenvalue weighted by atomic mass is 10.2. The van der Waals surface area contributed by atoms with Gasteiger partial charge in [0.25, 0.3) is 0 Å². The molecule has 2 rings (SSSR count). The first-order valence-corrected chi connectivity index (χ1v) is 6.58. The maximum absolute atomic E-state index is 10.4. The molecule has 0 saturated carbocycles. The van der Waals surface area contributed by atoms with E-state index in [4.69, 9.17) is 25.2 Å². The Labute approximate surface area is 124 Å². The van der Waals surface area contributed by atoms with Gasteiger partial charge < -0.3 is 19.9 Å². The van der Waals surface area contributed by atoms with E-state index in [0.717, 1.165) is 0 Å². The number of nitrogens with zero attached hydrogens (tertiary/aromatic N) is 1. The van der Waals surface area contributed by atoms with Crippen LogP contribution in [0.1, 0.15) is 11.1 Å². The quantitative estimate of drug-likeness (QED) is 0.914. The van der Waals surface area contributed by atoms with E-state index in [-0.39, 0.29) is 19.3 Å². The highest BCUT2D eigenvalue weighted by Crippen LogP contribution is 2.13. The number of carbonyl (C=O) groups is 1. The first-order chi connectivity index (χ1) is 10.0. The molecule has 6 heteroatoms. The Balaban J connectivity index is 0.000000235. The molecule has 1 aromatic carbocycles. The minimum atomic E-state index is -0.860. The molecular weight excluding hydrogens is 272 g/mol. The van der Waals surface area contributed by atoms with Crippen LogP contribution in [0, 0.1) is 25.2 Å². The van der Waals surface area contributed by atoms with Crippen LogP contribution in [-0.2, 0) is 14.2 Å². The van der Waals surface area contributed by atoms with Gasteiger partial charge in [-0.25, -0.2) is 4.79 Å². The number of nitriles is 1. The van der Waals surface area contributed by atoms with Gasteiger partial charge in [0.05, 0.1) is 19.3 Å². The number of benzene rings is 1. The normalized spacial score (nSPS) is 20.0. The molecule has 0 aliphatic carbocycles. The monoisotopic (exact) mass is 292 g/mol. The molecule has 0 radical (unpaired) electrons. The van der Waals surface area contributed by atoms with E-state index < -0.39 is 12.2 Å². The van der Waals surface area contributed by atoms with Crippen LogP contribution < -0.4 is 5.73 Å². The zero-order valence-electron chi connectivity index (χ0n) is 12.2. The predicted octanol–water partition coefficient (Wildman–Crippen LogP) is 1.69. The van der Waals surface area contributed by atoms with Crippen molar-refractivity contribution in [3.63, 3.8) is 0 Å². The highest BCUT2D eigenvalue weighted by atomic mass is 16.6. The fourth-order valence-corrected chi connectivity index (χ4v) is 1.88. The maximum atomic E-state index is 10.4. The number of primary amides is 1. The van der Waals surface area contributed by atoms with Crippen LogP contribution in [0.25, 0.3) is 0 Å². The largest absolute Gasteiger partial charge is 0.441 e. The van der Waals surface area contributed by atoms with Gasteiger partial charge in [0, 0.05) is 0 Å². The van der Waals surface area contributed by atoms with E-state index in [9.17, 15) is 4.79 Å². The van der Waals surface area contributed by atoms with Gasteiger partial charge in [0.15, 0.2) is 6.10 Å².